The Morgan fingerprint density at radius 2 is 2.00 bits per heavy atom. The Morgan fingerprint density at radius 3 is 2.81 bits per heavy atom. The van der Waals surface area contributed by atoms with Crippen LogP contribution in [-0.4, -0.2) is 32.8 Å². The number of methoxy groups -OCH3 is 1. The van der Waals surface area contributed by atoms with Gasteiger partial charge in [0.25, 0.3) is 0 Å². The first-order valence-electron chi connectivity index (χ1n) is 7.52. The van der Waals surface area contributed by atoms with Crippen molar-refractivity contribution in [3.05, 3.63) is 60.2 Å². The highest BCUT2D eigenvalue weighted by Crippen LogP contribution is 2.24. The van der Waals surface area contributed by atoms with Crippen LogP contribution in [0.5, 0.6) is 5.75 Å². The summed E-state index contributed by atoms with van der Waals surface area (Å²) in [7, 11) is 1.72. The number of rotatable bonds is 4. The van der Waals surface area contributed by atoms with Gasteiger partial charge in [0.05, 0.1) is 7.11 Å². The summed E-state index contributed by atoms with van der Waals surface area (Å²) in [6.45, 7) is 3.08. The van der Waals surface area contributed by atoms with Gasteiger partial charge >= 0.3 is 0 Å². The molecule has 3 rings (SSSR count). The summed E-state index contributed by atoms with van der Waals surface area (Å²) in [5.41, 5.74) is 2.64. The van der Waals surface area contributed by atoms with Crippen LogP contribution in [0, 0.1) is 0 Å². The minimum Gasteiger partial charge on any atom is -0.497 e. The molecule has 1 heterocycles. The number of piperazine rings is 1. The molecule has 0 bridgehead atoms. The standard InChI is InChI=1S/C18H22N2O/c1-21-18-9-5-8-16(13-18)20-11-10-19-14-17(20)12-15-6-3-2-4-7-15/h2-9,13,17,19H,10-12,14H2,1H3. The van der Waals surface area contributed by atoms with E-state index >= 15 is 0 Å². The van der Waals surface area contributed by atoms with Crippen LogP contribution >= 0.6 is 0 Å². The van der Waals surface area contributed by atoms with E-state index in [1.807, 2.05) is 6.07 Å². The van der Waals surface area contributed by atoms with E-state index < -0.39 is 0 Å². The van der Waals surface area contributed by atoms with E-state index in [2.05, 4.69) is 58.7 Å². The van der Waals surface area contributed by atoms with Gasteiger partial charge in [-0.1, -0.05) is 36.4 Å². The topological polar surface area (TPSA) is 24.5 Å². The maximum atomic E-state index is 5.36. The highest BCUT2D eigenvalue weighted by Gasteiger charge is 2.22. The van der Waals surface area contributed by atoms with Crippen molar-refractivity contribution in [3.8, 4) is 5.75 Å². The molecular weight excluding hydrogens is 260 g/mol. The van der Waals surface area contributed by atoms with E-state index in [4.69, 9.17) is 4.74 Å². The van der Waals surface area contributed by atoms with Gasteiger partial charge in [-0.05, 0) is 24.1 Å². The molecule has 110 valence electrons. The first kappa shape index (κ1) is 14.0. The molecule has 21 heavy (non-hydrogen) atoms. The van der Waals surface area contributed by atoms with E-state index in [9.17, 15) is 0 Å². The third-order valence-electron chi connectivity index (χ3n) is 4.05. The van der Waals surface area contributed by atoms with Gasteiger partial charge in [0, 0.05) is 37.4 Å². The highest BCUT2D eigenvalue weighted by atomic mass is 16.5. The van der Waals surface area contributed by atoms with Gasteiger partial charge in [0.1, 0.15) is 5.75 Å². The number of nitrogens with zero attached hydrogens (tertiary/aromatic N) is 1. The fourth-order valence-corrected chi connectivity index (χ4v) is 2.96. The maximum Gasteiger partial charge on any atom is 0.120 e. The van der Waals surface area contributed by atoms with Crippen molar-refractivity contribution >= 4 is 5.69 Å². The first-order valence-corrected chi connectivity index (χ1v) is 7.52. The third-order valence-corrected chi connectivity index (χ3v) is 4.05. The molecule has 0 saturated carbocycles. The molecule has 0 radical (unpaired) electrons. The number of hydrogen-bond donors (Lipinski definition) is 1. The van der Waals surface area contributed by atoms with Gasteiger partial charge in [0.2, 0.25) is 0 Å². The molecule has 0 aliphatic carbocycles. The molecule has 2 aromatic carbocycles. The molecule has 1 aliphatic heterocycles. The van der Waals surface area contributed by atoms with Crippen molar-refractivity contribution in [2.75, 3.05) is 31.6 Å². The van der Waals surface area contributed by atoms with E-state index in [0.29, 0.717) is 6.04 Å². The largest absolute Gasteiger partial charge is 0.497 e. The minimum atomic E-state index is 0.480. The summed E-state index contributed by atoms with van der Waals surface area (Å²) < 4.78 is 5.36. The molecule has 1 unspecified atom stereocenters. The third kappa shape index (κ3) is 3.37. The zero-order chi connectivity index (χ0) is 14.5. The van der Waals surface area contributed by atoms with Gasteiger partial charge in [-0.3, -0.25) is 0 Å². The van der Waals surface area contributed by atoms with E-state index in [-0.39, 0.29) is 0 Å². The number of benzene rings is 2. The van der Waals surface area contributed by atoms with Crippen molar-refractivity contribution in [1.82, 2.24) is 5.32 Å². The quantitative estimate of drug-likeness (QED) is 0.933. The van der Waals surface area contributed by atoms with Crippen LogP contribution in [0.4, 0.5) is 5.69 Å². The van der Waals surface area contributed by atoms with Crippen molar-refractivity contribution in [1.29, 1.82) is 0 Å². The lowest BCUT2D eigenvalue weighted by atomic mass is 10.0. The van der Waals surface area contributed by atoms with Crippen molar-refractivity contribution in [2.45, 2.75) is 12.5 Å². The van der Waals surface area contributed by atoms with E-state index in [0.717, 1.165) is 31.8 Å². The maximum absolute atomic E-state index is 5.36. The van der Waals surface area contributed by atoms with E-state index in [1.165, 1.54) is 11.3 Å². The molecule has 1 atom stereocenters. The van der Waals surface area contributed by atoms with Gasteiger partial charge < -0.3 is 15.0 Å². The molecule has 1 aliphatic rings. The van der Waals surface area contributed by atoms with Crippen molar-refractivity contribution in [2.24, 2.45) is 0 Å². The lowest BCUT2D eigenvalue weighted by molar-refractivity contribution is 0.414. The van der Waals surface area contributed by atoms with Gasteiger partial charge in [0.15, 0.2) is 0 Å². The van der Waals surface area contributed by atoms with Crippen LogP contribution in [0.15, 0.2) is 54.6 Å². The zero-order valence-electron chi connectivity index (χ0n) is 12.5. The molecule has 0 aromatic heterocycles. The summed E-state index contributed by atoms with van der Waals surface area (Å²) in [4.78, 5) is 2.49. The number of ether oxygens (including phenoxy) is 1. The van der Waals surface area contributed by atoms with Crippen LogP contribution in [0.1, 0.15) is 5.56 Å². The van der Waals surface area contributed by atoms with Gasteiger partial charge in [-0.2, -0.15) is 0 Å². The van der Waals surface area contributed by atoms with Crippen LogP contribution in [0.25, 0.3) is 0 Å². The Hall–Kier alpha value is -2.00. The summed E-state index contributed by atoms with van der Waals surface area (Å²) in [6, 6.07) is 19.6. The monoisotopic (exact) mass is 282 g/mol. The van der Waals surface area contributed by atoms with Crippen molar-refractivity contribution in [3.63, 3.8) is 0 Å². The number of anilines is 1. The van der Waals surface area contributed by atoms with Crippen LogP contribution in [0.2, 0.25) is 0 Å². The Morgan fingerprint density at radius 1 is 1.14 bits per heavy atom. The van der Waals surface area contributed by atoms with Crippen LogP contribution < -0.4 is 15.0 Å². The molecule has 3 nitrogen and oxygen atoms in total. The molecule has 2 aromatic rings. The summed E-state index contributed by atoms with van der Waals surface area (Å²) >= 11 is 0. The molecule has 0 amide bonds. The summed E-state index contributed by atoms with van der Waals surface area (Å²) in [6.07, 6.45) is 1.06. The predicted molar refractivity (Wildman–Crippen MR) is 87.1 cm³/mol. The second kappa shape index (κ2) is 6.64. The molecule has 1 fully saturated rings. The average molecular weight is 282 g/mol. The first-order chi connectivity index (χ1) is 10.4. The second-order valence-electron chi connectivity index (χ2n) is 5.44. The molecule has 0 spiro atoms. The average Bonchev–Trinajstić information content (AvgIpc) is 2.56. The Balaban J connectivity index is 1.80. The highest BCUT2D eigenvalue weighted by molar-refractivity contribution is 5.52. The van der Waals surface area contributed by atoms with Crippen molar-refractivity contribution < 1.29 is 4.74 Å². The Bertz CT molecular complexity index is 570. The van der Waals surface area contributed by atoms with Crippen LogP contribution in [0.3, 0.4) is 0 Å². The molecule has 3 heteroatoms. The lowest BCUT2D eigenvalue weighted by Gasteiger charge is -2.38. The number of hydrogen-bond acceptors (Lipinski definition) is 3. The predicted octanol–water partition coefficient (Wildman–Crippen LogP) is 2.72. The SMILES string of the molecule is COc1cccc(N2CCNCC2Cc2ccccc2)c1. The van der Waals surface area contributed by atoms with Gasteiger partial charge in [-0.25, -0.2) is 0 Å². The second-order valence-corrected chi connectivity index (χ2v) is 5.44. The normalized spacial score (nSPS) is 18.5. The fraction of sp³-hybridized carbons (Fsp3) is 0.333. The Labute approximate surface area is 126 Å². The van der Waals surface area contributed by atoms with Crippen LogP contribution in [-0.2, 0) is 6.42 Å². The summed E-state index contributed by atoms with van der Waals surface area (Å²) in [5, 5.41) is 3.51. The fourth-order valence-electron chi connectivity index (χ4n) is 2.96. The Kier molecular flexibility index (Phi) is 4.41. The van der Waals surface area contributed by atoms with E-state index in [1.54, 1.807) is 7.11 Å². The lowest BCUT2D eigenvalue weighted by Crippen LogP contribution is -2.52. The molecule has 1 saturated heterocycles. The smallest absolute Gasteiger partial charge is 0.120 e. The minimum absolute atomic E-state index is 0.480. The van der Waals surface area contributed by atoms with Gasteiger partial charge in [-0.15, -0.1) is 0 Å². The zero-order valence-corrected chi connectivity index (χ0v) is 12.5. The molecule has 1 N–H and O–H groups in total. The molecular formula is C18H22N2O. The summed E-state index contributed by atoms with van der Waals surface area (Å²) in [5.74, 6) is 0.921. The number of nitrogens with one attached hydrogen (secondary N) is 1.